The molecule has 0 unspecified atom stereocenters. The van der Waals surface area contributed by atoms with Crippen LogP contribution in [0.25, 0.3) is 0 Å². The Morgan fingerprint density at radius 2 is 1.69 bits per heavy atom. The molecule has 8 heteroatoms. The molecule has 136 valence electrons. The third-order valence-electron chi connectivity index (χ3n) is 3.26. The van der Waals surface area contributed by atoms with Crippen molar-refractivity contribution in [2.45, 2.75) is 13.0 Å². The van der Waals surface area contributed by atoms with E-state index in [0.717, 1.165) is 0 Å². The number of nitrogens with two attached hydrogens (primary N) is 1. The van der Waals surface area contributed by atoms with Crippen molar-refractivity contribution in [3.05, 3.63) is 59.1 Å². The molecule has 0 bridgehead atoms. The van der Waals surface area contributed by atoms with Crippen LogP contribution in [0.5, 0.6) is 5.75 Å². The van der Waals surface area contributed by atoms with E-state index < -0.39 is 30.5 Å². The lowest BCUT2D eigenvalue weighted by Crippen LogP contribution is -2.29. The molecular weight excluding hydrogens is 360 g/mol. The van der Waals surface area contributed by atoms with Gasteiger partial charge >= 0.3 is 5.97 Å². The summed E-state index contributed by atoms with van der Waals surface area (Å²) >= 11 is 5.77. The second kappa shape index (κ2) is 8.87. The molecular formula is C18H17ClN2O5. The van der Waals surface area contributed by atoms with Crippen LogP contribution in [0.4, 0.5) is 5.69 Å². The average Bonchev–Trinajstić information content (AvgIpc) is 2.62. The van der Waals surface area contributed by atoms with Crippen LogP contribution in [0.1, 0.15) is 17.3 Å². The first kappa shape index (κ1) is 19.3. The number of hydrogen-bond donors (Lipinski definition) is 2. The number of primary amides is 1. The number of nitrogens with one attached hydrogen (secondary N) is 1. The Balaban J connectivity index is 1.79. The monoisotopic (exact) mass is 376 g/mol. The lowest BCUT2D eigenvalue weighted by molar-refractivity contribution is -0.153. The molecule has 3 N–H and O–H groups in total. The van der Waals surface area contributed by atoms with Gasteiger partial charge in [0.25, 0.3) is 5.91 Å². The minimum Gasteiger partial charge on any atom is -0.479 e. The highest BCUT2D eigenvalue weighted by atomic mass is 35.5. The lowest BCUT2D eigenvalue weighted by Gasteiger charge is -2.14. The van der Waals surface area contributed by atoms with E-state index in [1.165, 1.54) is 31.2 Å². The van der Waals surface area contributed by atoms with Crippen LogP contribution in [0.15, 0.2) is 48.5 Å². The van der Waals surface area contributed by atoms with Gasteiger partial charge in [0.05, 0.1) is 0 Å². The van der Waals surface area contributed by atoms with Crippen molar-refractivity contribution in [1.29, 1.82) is 0 Å². The highest BCUT2D eigenvalue weighted by Gasteiger charge is 2.18. The predicted molar refractivity (Wildman–Crippen MR) is 96.1 cm³/mol. The Bertz CT molecular complexity index is 790. The Hall–Kier alpha value is -3.06. The molecule has 0 radical (unpaired) electrons. The number of esters is 1. The van der Waals surface area contributed by atoms with Crippen molar-refractivity contribution in [2.75, 3.05) is 11.9 Å². The SMILES string of the molecule is C[C@H](Oc1ccc(Cl)cc1)C(=O)OCC(=O)Nc1ccc(C(N)=O)cc1. The average molecular weight is 377 g/mol. The molecule has 0 saturated carbocycles. The van der Waals surface area contributed by atoms with E-state index in [0.29, 0.717) is 22.0 Å². The number of carbonyl (C=O) groups is 3. The van der Waals surface area contributed by atoms with Crippen molar-refractivity contribution < 1.29 is 23.9 Å². The molecule has 0 aliphatic rings. The minimum atomic E-state index is -0.890. The van der Waals surface area contributed by atoms with E-state index in [2.05, 4.69) is 5.32 Å². The predicted octanol–water partition coefficient (Wildman–Crippen LogP) is 2.39. The Kier molecular flexibility index (Phi) is 6.57. The molecule has 0 saturated heterocycles. The van der Waals surface area contributed by atoms with Gasteiger partial charge in [0.1, 0.15) is 5.75 Å². The smallest absolute Gasteiger partial charge is 0.347 e. The van der Waals surface area contributed by atoms with Crippen molar-refractivity contribution in [3.8, 4) is 5.75 Å². The molecule has 0 aliphatic carbocycles. The summed E-state index contributed by atoms with van der Waals surface area (Å²) in [5.41, 5.74) is 5.90. The highest BCUT2D eigenvalue weighted by Crippen LogP contribution is 2.17. The summed E-state index contributed by atoms with van der Waals surface area (Å²) in [5.74, 6) is -1.31. The van der Waals surface area contributed by atoms with Crippen LogP contribution in [0, 0.1) is 0 Å². The molecule has 0 spiro atoms. The summed E-state index contributed by atoms with van der Waals surface area (Å²) in [7, 11) is 0. The number of halogens is 1. The quantitative estimate of drug-likeness (QED) is 0.721. The topological polar surface area (TPSA) is 108 Å². The van der Waals surface area contributed by atoms with Crippen LogP contribution in [-0.4, -0.2) is 30.5 Å². The highest BCUT2D eigenvalue weighted by molar-refractivity contribution is 6.30. The lowest BCUT2D eigenvalue weighted by atomic mass is 10.2. The van der Waals surface area contributed by atoms with E-state index >= 15 is 0 Å². The molecule has 0 heterocycles. The summed E-state index contributed by atoms with van der Waals surface area (Å²) in [6.07, 6.45) is -0.890. The minimum absolute atomic E-state index is 0.322. The van der Waals surface area contributed by atoms with E-state index in [1.807, 2.05) is 0 Å². The summed E-state index contributed by atoms with van der Waals surface area (Å²) in [4.78, 5) is 34.7. The van der Waals surface area contributed by atoms with Crippen LogP contribution < -0.4 is 15.8 Å². The molecule has 7 nitrogen and oxygen atoms in total. The molecule has 2 aromatic carbocycles. The maximum Gasteiger partial charge on any atom is 0.347 e. The van der Waals surface area contributed by atoms with Crippen molar-refractivity contribution in [1.82, 2.24) is 0 Å². The second-order valence-corrected chi connectivity index (χ2v) is 5.75. The van der Waals surface area contributed by atoms with Gasteiger partial charge in [-0.05, 0) is 55.5 Å². The zero-order chi connectivity index (χ0) is 19.1. The summed E-state index contributed by atoms with van der Waals surface area (Å²) in [6, 6.07) is 12.5. The van der Waals surface area contributed by atoms with Gasteiger partial charge in [0.15, 0.2) is 12.7 Å². The molecule has 1 atom stereocenters. The first-order chi connectivity index (χ1) is 12.3. The fourth-order valence-electron chi connectivity index (χ4n) is 1.93. The van der Waals surface area contributed by atoms with Gasteiger partial charge in [0, 0.05) is 16.3 Å². The maximum atomic E-state index is 11.9. The first-order valence-corrected chi connectivity index (χ1v) is 8.01. The second-order valence-electron chi connectivity index (χ2n) is 5.31. The third kappa shape index (κ3) is 5.78. The number of rotatable bonds is 7. The molecule has 0 fully saturated rings. The summed E-state index contributed by atoms with van der Waals surface area (Å²) in [5, 5.41) is 3.08. The zero-order valence-electron chi connectivity index (χ0n) is 13.9. The molecule has 26 heavy (non-hydrogen) atoms. The third-order valence-corrected chi connectivity index (χ3v) is 3.51. The number of benzene rings is 2. The number of hydrogen-bond acceptors (Lipinski definition) is 5. The Morgan fingerprint density at radius 3 is 2.27 bits per heavy atom. The van der Waals surface area contributed by atoms with Crippen LogP contribution in [0.3, 0.4) is 0 Å². The van der Waals surface area contributed by atoms with Crippen LogP contribution in [0.2, 0.25) is 5.02 Å². The standard InChI is InChI=1S/C18H17ClN2O5/c1-11(26-15-8-4-13(19)5-9-15)18(24)25-10-16(22)21-14-6-2-12(3-7-14)17(20)23/h2-9,11H,10H2,1H3,(H2,20,23)(H,21,22)/t11-/m0/s1. The van der Waals surface area contributed by atoms with Gasteiger partial charge in [-0.1, -0.05) is 11.6 Å². The largest absolute Gasteiger partial charge is 0.479 e. The molecule has 2 rings (SSSR count). The van der Waals surface area contributed by atoms with E-state index in [9.17, 15) is 14.4 Å². The number of ether oxygens (including phenoxy) is 2. The molecule has 0 aliphatic heterocycles. The van der Waals surface area contributed by atoms with E-state index in [1.54, 1.807) is 24.3 Å². The zero-order valence-corrected chi connectivity index (χ0v) is 14.7. The fourth-order valence-corrected chi connectivity index (χ4v) is 2.06. The van der Waals surface area contributed by atoms with Gasteiger partial charge in [0.2, 0.25) is 5.91 Å². The normalized spacial score (nSPS) is 11.3. The molecule has 0 aromatic heterocycles. The number of carbonyl (C=O) groups excluding carboxylic acids is 3. The van der Waals surface area contributed by atoms with Crippen molar-refractivity contribution in [3.63, 3.8) is 0 Å². The van der Waals surface area contributed by atoms with Crippen LogP contribution in [-0.2, 0) is 14.3 Å². The van der Waals surface area contributed by atoms with Gasteiger partial charge in [-0.3, -0.25) is 9.59 Å². The number of amides is 2. The van der Waals surface area contributed by atoms with Crippen LogP contribution >= 0.6 is 11.6 Å². The van der Waals surface area contributed by atoms with Gasteiger partial charge < -0.3 is 20.5 Å². The number of anilines is 1. The van der Waals surface area contributed by atoms with Gasteiger partial charge in [-0.15, -0.1) is 0 Å². The fraction of sp³-hybridized carbons (Fsp3) is 0.167. The Morgan fingerprint density at radius 1 is 1.08 bits per heavy atom. The van der Waals surface area contributed by atoms with Crippen molar-refractivity contribution in [2.24, 2.45) is 5.73 Å². The molecule has 2 amide bonds. The van der Waals surface area contributed by atoms with E-state index in [4.69, 9.17) is 26.8 Å². The molecule has 2 aromatic rings. The van der Waals surface area contributed by atoms with Crippen molar-refractivity contribution >= 4 is 35.1 Å². The maximum absolute atomic E-state index is 11.9. The van der Waals surface area contributed by atoms with Gasteiger partial charge in [-0.2, -0.15) is 0 Å². The summed E-state index contributed by atoms with van der Waals surface area (Å²) < 4.78 is 10.3. The first-order valence-electron chi connectivity index (χ1n) is 7.63. The van der Waals surface area contributed by atoms with Gasteiger partial charge in [-0.25, -0.2) is 4.79 Å². The van der Waals surface area contributed by atoms with E-state index in [-0.39, 0.29) is 0 Å². The Labute approximate surface area is 155 Å². The summed E-state index contributed by atoms with van der Waals surface area (Å²) in [6.45, 7) is 1.04.